The van der Waals surface area contributed by atoms with E-state index in [1.54, 1.807) is 0 Å². The SMILES string of the molecule is C[C@H]1OCCN[C@@H]1C(=O)N1CCCC(C(=O)N2CCOCC2)C1. The van der Waals surface area contributed by atoms with E-state index >= 15 is 0 Å². The maximum absolute atomic E-state index is 12.7. The second-order valence-corrected chi connectivity index (χ2v) is 6.57. The van der Waals surface area contributed by atoms with Gasteiger partial charge in [-0.25, -0.2) is 0 Å². The van der Waals surface area contributed by atoms with Crippen molar-refractivity contribution >= 4 is 11.8 Å². The Morgan fingerprint density at radius 2 is 1.83 bits per heavy atom. The summed E-state index contributed by atoms with van der Waals surface area (Å²) in [5.41, 5.74) is 0. The molecule has 7 nitrogen and oxygen atoms in total. The summed E-state index contributed by atoms with van der Waals surface area (Å²) >= 11 is 0. The lowest BCUT2D eigenvalue weighted by Crippen LogP contribution is -2.58. The van der Waals surface area contributed by atoms with Gasteiger partial charge in [0.15, 0.2) is 0 Å². The number of morpholine rings is 2. The maximum atomic E-state index is 12.7. The highest BCUT2D eigenvalue weighted by Gasteiger charge is 2.36. The Bertz CT molecular complexity index is 439. The smallest absolute Gasteiger partial charge is 0.242 e. The van der Waals surface area contributed by atoms with Gasteiger partial charge in [0.2, 0.25) is 11.8 Å². The zero-order valence-corrected chi connectivity index (χ0v) is 13.8. The Balaban J connectivity index is 1.58. The molecule has 0 radical (unpaired) electrons. The molecule has 0 saturated carbocycles. The molecule has 1 unspecified atom stereocenters. The number of ether oxygens (including phenoxy) is 2. The van der Waals surface area contributed by atoms with Crippen LogP contribution >= 0.6 is 0 Å². The van der Waals surface area contributed by atoms with Crippen LogP contribution in [0.5, 0.6) is 0 Å². The lowest BCUT2D eigenvalue weighted by atomic mass is 9.95. The van der Waals surface area contributed by atoms with E-state index in [1.165, 1.54) is 0 Å². The average Bonchev–Trinajstić information content (AvgIpc) is 2.62. The first-order valence-corrected chi connectivity index (χ1v) is 8.67. The molecule has 3 aliphatic rings. The third-order valence-electron chi connectivity index (χ3n) is 4.99. The Hall–Kier alpha value is -1.18. The minimum Gasteiger partial charge on any atom is -0.378 e. The molecule has 0 aromatic rings. The topological polar surface area (TPSA) is 71.1 Å². The van der Waals surface area contributed by atoms with Crippen molar-refractivity contribution in [3.63, 3.8) is 0 Å². The van der Waals surface area contributed by atoms with Crippen LogP contribution in [-0.4, -0.2) is 86.3 Å². The summed E-state index contributed by atoms with van der Waals surface area (Å²) in [6, 6.07) is -0.291. The van der Waals surface area contributed by atoms with Crippen molar-refractivity contribution in [3.05, 3.63) is 0 Å². The van der Waals surface area contributed by atoms with Crippen molar-refractivity contribution in [1.29, 1.82) is 0 Å². The summed E-state index contributed by atoms with van der Waals surface area (Å²) in [6.45, 7) is 7.08. The molecule has 3 atom stereocenters. The van der Waals surface area contributed by atoms with Crippen LogP contribution in [0.15, 0.2) is 0 Å². The Kier molecular flexibility index (Phi) is 5.50. The molecule has 1 N–H and O–H groups in total. The van der Waals surface area contributed by atoms with Crippen LogP contribution in [0, 0.1) is 5.92 Å². The van der Waals surface area contributed by atoms with Gasteiger partial charge in [-0.2, -0.15) is 0 Å². The van der Waals surface area contributed by atoms with Crippen molar-refractivity contribution in [2.24, 2.45) is 5.92 Å². The van der Waals surface area contributed by atoms with Crippen LogP contribution in [-0.2, 0) is 19.1 Å². The fourth-order valence-electron chi connectivity index (χ4n) is 3.63. The number of amides is 2. The molecule has 0 bridgehead atoms. The summed E-state index contributed by atoms with van der Waals surface area (Å²) in [4.78, 5) is 29.1. The van der Waals surface area contributed by atoms with E-state index in [-0.39, 0.29) is 29.9 Å². The van der Waals surface area contributed by atoms with Gasteiger partial charge >= 0.3 is 0 Å². The summed E-state index contributed by atoms with van der Waals surface area (Å²) in [6.07, 6.45) is 1.63. The molecular formula is C16H27N3O4. The first-order chi connectivity index (χ1) is 11.2. The summed E-state index contributed by atoms with van der Waals surface area (Å²) in [5.74, 6) is 0.161. The first kappa shape index (κ1) is 16.7. The van der Waals surface area contributed by atoms with E-state index in [0.29, 0.717) is 46.0 Å². The van der Waals surface area contributed by atoms with Crippen LogP contribution in [0.4, 0.5) is 0 Å². The monoisotopic (exact) mass is 325 g/mol. The van der Waals surface area contributed by atoms with E-state index in [9.17, 15) is 9.59 Å². The number of hydrogen-bond acceptors (Lipinski definition) is 5. The van der Waals surface area contributed by atoms with Crippen molar-refractivity contribution in [1.82, 2.24) is 15.1 Å². The summed E-state index contributed by atoms with van der Waals surface area (Å²) < 4.78 is 10.9. The van der Waals surface area contributed by atoms with E-state index in [1.807, 2.05) is 16.7 Å². The van der Waals surface area contributed by atoms with Crippen molar-refractivity contribution in [2.45, 2.75) is 31.9 Å². The lowest BCUT2D eigenvalue weighted by Gasteiger charge is -2.39. The first-order valence-electron chi connectivity index (χ1n) is 8.67. The number of likely N-dealkylation sites (tertiary alicyclic amines) is 1. The van der Waals surface area contributed by atoms with Gasteiger partial charge in [0.05, 0.1) is 31.8 Å². The van der Waals surface area contributed by atoms with E-state index in [0.717, 1.165) is 19.4 Å². The van der Waals surface area contributed by atoms with Crippen LogP contribution in [0.1, 0.15) is 19.8 Å². The zero-order valence-electron chi connectivity index (χ0n) is 13.8. The van der Waals surface area contributed by atoms with Crippen molar-refractivity contribution in [2.75, 3.05) is 52.5 Å². The fraction of sp³-hybridized carbons (Fsp3) is 0.875. The molecular weight excluding hydrogens is 298 g/mol. The van der Waals surface area contributed by atoms with Crippen LogP contribution in [0.3, 0.4) is 0 Å². The molecule has 0 aromatic carbocycles. The van der Waals surface area contributed by atoms with Crippen molar-refractivity contribution < 1.29 is 19.1 Å². The summed E-state index contributed by atoms with van der Waals surface area (Å²) in [7, 11) is 0. The number of hydrogen-bond donors (Lipinski definition) is 1. The van der Waals surface area contributed by atoms with Gasteiger partial charge in [0.1, 0.15) is 6.04 Å². The number of piperidine rings is 1. The van der Waals surface area contributed by atoms with E-state index in [4.69, 9.17) is 9.47 Å². The average molecular weight is 325 g/mol. The minimum atomic E-state index is -0.291. The molecule has 3 rings (SSSR count). The molecule has 3 aliphatic heterocycles. The molecule has 23 heavy (non-hydrogen) atoms. The zero-order chi connectivity index (χ0) is 16.2. The Labute approximate surface area is 137 Å². The van der Waals surface area contributed by atoms with E-state index < -0.39 is 0 Å². The fourth-order valence-corrected chi connectivity index (χ4v) is 3.63. The number of carbonyl (C=O) groups is 2. The standard InChI is InChI=1S/C16H27N3O4/c1-12-14(17-4-8-23-12)16(21)19-5-2-3-13(11-19)15(20)18-6-9-22-10-7-18/h12-14,17H,2-11H2,1H3/t12-,13?,14+/m1/s1. The predicted octanol–water partition coefficient (Wildman–Crippen LogP) is -0.539. The third-order valence-corrected chi connectivity index (χ3v) is 4.99. The normalized spacial score (nSPS) is 32.7. The van der Waals surface area contributed by atoms with Gasteiger partial charge in [-0.3, -0.25) is 9.59 Å². The van der Waals surface area contributed by atoms with Gasteiger partial charge in [0.25, 0.3) is 0 Å². The second-order valence-electron chi connectivity index (χ2n) is 6.57. The molecule has 7 heteroatoms. The lowest BCUT2D eigenvalue weighted by molar-refractivity contribution is -0.146. The largest absolute Gasteiger partial charge is 0.378 e. The molecule has 3 saturated heterocycles. The van der Waals surface area contributed by atoms with Gasteiger partial charge < -0.3 is 24.6 Å². The molecule has 2 amide bonds. The molecule has 3 fully saturated rings. The van der Waals surface area contributed by atoms with Crippen LogP contribution < -0.4 is 5.32 Å². The van der Waals surface area contributed by atoms with Gasteiger partial charge in [-0.1, -0.05) is 0 Å². The highest BCUT2D eigenvalue weighted by atomic mass is 16.5. The molecule has 130 valence electrons. The minimum absolute atomic E-state index is 0.0664. The molecule has 0 aromatic heterocycles. The third kappa shape index (κ3) is 3.84. The highest BCUT2D eigenvalue weighted by Crippen LogP contribution is 2.21. The van der Waals surface area contributed by atoms with E-state index in [2.05, 4.69) is 5.32 Å². The molecule has 0 spiro atoms. The number of carbonyl (C=O) groups excluding carboxylic acids is 2. The van der Waals surface area contributed by atoms with Gasteiger partial charge in [0, 0.05) is 32.7 Å². The van der Waals surface area contributed by atoms with Gasteiger partial charge in [-0.05, 0) is 19.8 Å². The predicted molar refractivity (Wildman–Crippen MR) is 83.9 cm³/mol. The number of nitrogens with one attached hydrogen (secondary N) is 1. The quantitative estimate of drug-likeness (QED) is 0.738. The number of rotatable bonds is 2. The van der Waals surface area contributed by atoms with Crippen LogP contribution in [0.25, 0.3) is 0 Å². The maximum Gasteiger partial charge on any atom is 0.242 e. The Morgan fingerprint density at radius 1 is 1.04 bits per heavy atom. The Morgan fingerprint density at radius 3 is 2.57 bits per heavy atom. The second kappa shape index (κ2) is 7.59. The summed E-state index contributed by atoms with van der Waals surface area (Å²) in [5, 5.41) is 3.25. The van der Waals surface area contributed by atoms with Crippen molar-refractivity contribution in [3.8, 4) is 0 Å². The number of nitrogens with zero attached hydrogens (tertiary/aromatic N) is 2. The van der Waals surface area contributed by atoms with Gasteiger partial charge in [-0.15, -0.1) is 0 Å². The highest BCUT2D eigenvalue weighted by molar-refractivity contribution is 5.84. The molecule has 3 heterocycles. The molecule has 0 aliphatic carbocycles. The van der Waals surface area contributed by atoms with Crippen LogP contribution in [0.2, 0.25) is 0 Å².